The van der Waals surface area contributed by atoms with Crippen molar-refractivity contribution in [3.63, 3.8) is 0 Å². The third kappa shape index (κ3) is 2.12. The molecule has 0 aromatic heterocycles. The van der Waals surface area contributed by atoms with Gasteiger partial charge in [-0.25, -0.2) is 0 Å². The SMILES string of the molecule is CC1(C)C(=O)N(OS(=O)(=O)C(F)(F)F)C(=O)C1(C)C. The molecule has 1 fully saturated rings. The normalized spacial score (nSPS) is 23.0. The number of nitrogens with zero attached hydrogens (tertiary/aromatic N) is 1. The zero-order valence-electron chi connectivity index (χ0n) is 10.5. The van der Waals surface area contributed by atoms with E-state index in [-0.39, 0.29) is 5.06 Å². The van der Waals surface area contributed by atoms with Gasteiger partial charge in [-0.15, -0.1) is 9.35 Å². The Balaban J connectivity index is 3.20. The van der Waals surface area contributed by atoms with Crippen molar-refractivity contribution in [1.29, 1.82) is 0 Å². The number of hydroxylamine groups is 2. The summed E-state index contributed by atoms with van der Waals surface area (Å²) in [5.41, 5.74) is -8.49. The van der Waals surface area contributed by atoms with Crippen LogP contribution in [0, 0.1) is 10.8 Å². The first-order valence-corrected chi connectivity index (χ1v) is 6.47. The monoisotopic (exact) mass is 303 g/mol. The fourth-order valence-corrected chi connectivity index (χ4v) is 1.76. The van der Waals surface area contributed by atoms with Crippen molar-refractivity contribution in [2.75, 3.05) is 0 Å². The van der Waals surface area contributed by atoms with E-state index in [1.54, 1.807) is 0 Å². The van der Waals surface area contributed by atoms with Crippen LogP contribution >= 0.6 is 0 Å². The van der Waals surface area contributed by atoms with Crippen LogP contribution in [0.15, 0.2) is 0 Å². The number of amides is 2. The number of carbonyl (C=O) groups is 2. The number of halogens is 3. The van der Waals surface area contributed by atoms with Crippen LogP contribution in [-0.4, -0.2) is 30.8 Å². The van der Waals surface area contributed by atoms with Crippen molar-refractivity contribution in [3.8, 4) is 0 Å². The Kier molecular flexibility index (Phi) is 3.28. The van der Waals surface area contributed by atoms with Crippen molar-refractivity contribution in [1.82, 2.24) is 5.06 Å². The quantitative estimate of drug-likeness (QED) is 0.565. The second-order valence-corrected chi connectivity index (χ2v) is 6.65. The molecule has 6 nitrogen and oxygen atoms in total. The summed E-state index contributed by atoms with van der Waals surface area (Å²) in [6.07, 6.45) is 0. The summed E-state index contributed by atoms with van der Waals surface area (Å²) in [6, 6.07) is 0. The summed E-state index contributed by atoms with van der Waals surface area (Å²) in [5.74, 6) is -2.29. The summed E-state index contributed by atoms with van der Waals surface area (Å²) < 4.78 is 61.8. The van der Waals surface area contributed by atoms with E-state index >= 15 is 0 Å². The zero-order valence-corrected chi connectivity index (χ0v) is 11.3. The van der Waals surface area contributed by atoms with Gasteiger partial charge in [0.2, 0.25) is 0 Å². The van der Waals surface area contributed by atoms with Gasteiger partial charge in [-0.2, -0.15) is 21.6 Å². The molecule has 0 aliphatic carbocycles. The molecule has 1 aliphatic rings. The Hall–Kier alpha value is -1.16. The summed E-state index contributed by atoms with van der Waals surface area (Å²) in [5, 5.41) is -0.331. The van der Waals surface area contributed by atoms with Crippen LogP contribution in [0.25, 0.3) is 0 Å². The van der Waals surface area contributed by atoms with Gasteiger partial charge in [-0.3, -0.25) is 9.59 Å². The van der Waals surface area contributed by atoms with E-state index in [0.29, 0.717) is 0 Å². The lowest BCUT2D eigenvalue weighted by Crippen LogP contribution is -2.39. The number of alkyl halides is 3. The van der Waals surface area contributed by atoms with Crippen molar-refractivity contribution in [3.05, 3.63) is 0 Å². The Morgan fingerprint density at radius 1 is 1.00 bits per heavy atom. The maximum atomic E-state index is 12.2. The molecule has 1 aliphatic heterocycles. The lowest BCUT2D eigenvalue weighted by atomic mass is 9.70. The maximum Gasteiger partial charge on any atom is 0.525 e. The topological polar surface area (TPSA) is 80.8 Å². The summed E-state index contributed by atoms with van der Waals surface area (Å²) in [7, 11) is -6.06. The van der Waals surface area contributed by atoms with E-state index in [1.165, 1.54) is 27.7 Å². The molecule has 1 rings (SSSR count). The molecule has 10 heteroatoms. The molecule has 19 heavy (non-hydrogen) atoms. The van der Waals surface area contributed by atoms with Crippen molar-refractivity contribution < 1.29 is 35.5 Å². The molecule has 1 heterocycles. The third-order valence-corrected chi connectivity index (χ3v) is 4.37. The standard InChI is InChI=1S/C9H12F3NO5S/c1-7(2)5(14)13(6(15)8(7,3)4)18-19(16,17)9(10,11)12/h1-4H3. The highest BCUT2D eigenvalue weighted by Gasteiger charge is 2.63. The van der Waals surface area contributed by atoms with Crippen molar-refractivity contribution in [2.45, 2.75) is 33.2 Å². The molecule has 0 N–H and O–H groups in total. The van der Waals surface area contributed by atoms with E-state index in [9.17, 15) is 31.2 Å². The minimum absolute atomic E-state index is 0.331. The van der Waals surface area contributed by atoms with Crippen LogP contribution in [0.3, 0.4) is 0 Å². The van der Waals surface area contributed by atoms with Crippen LogP contribution in [0.1, 0.15) is 27.7 Å². The van der Waals surface area contributed by atoms with Crippen molar-refractivity contribution in [2.24, 2.45) is 10.8 Å². The van der Waals surface area contributed by atoms with Crippen LogP contribution in [0.5, 0.6) is 0 Å². The van der Waals surface area contributed by atoms with Gasteiger partial charge >= 0.3 is 15.6 Å². The van der Waals surface area contributed by atoms with E-state index in [2.05, 4.69) is 4.28 Å². The van der Waals surface area contributed by atoms with Gasteiger partial charge in [-0.05, 0) is 27.7 Å². The van der Waals surface area contributed by atoms with Gasteiger partial charge in [-0.1, -0.05) is 0 Å². The highest BCUT2D eigenvalue weighted by Crippen LogP contribution is 2.48. The largest absolute Gasteiger partial charge is 0.525 e. The number of hydrogen-bond donors (Lipinski definition) is 0. The first-order chi connectivity index (χ1) is 8.16. The van der Waals surface area contributed by atoms with Gasteiger partial charge in [0.25, 0.3) is 11.8 Å². The van der Waals surface area contributed by atoms with Crippen molar-refractivity contribution >= 4 is 21.9 Å². The predicted molar refractivity (Wildman–Crippen MR) is 55.5 cm³/mol. The molecular weight excluding hydrogens is 291 g/mol. The Bertz CT molecular complexity index is 509. The van der Waals surface area contributed by atoms with E-state index < -0.39 is 38.3 Å². The second kappa shape index (κ2) is 3.92. The number of carbonyl (C=O) groups excluding carboxylic acids is 2. The first-order valence-electron chi connectivity index (χ1n) is 5.06. The lowest BCUT2D eigenvalue weighted by Gasteiger charge is -2.27. The lowest BCUT2D eigenvalue weighted by molar-refractivity contribution is -0.170. The number of imide groups is 1. The fraction of sp³-hybridized carbons (Fsp3) is 0.778. The van der Waals surface area contributed by atoms with Gasteiger partial charge in [0.05, 0.1) is 10.8 Å². The molecule has 0 aromatic rings. The second-order valence-electron chi connectivity index (χ2n) is 5.13. The summed E-state index contributed by atoms with van der Waals surface area (Å²) in [4.78, 5) is 23.6. The Morgan fingerprint density at radius 3 is 1.58 bits per heavy atom. The van der Waals surface area contributed by atoms with Gasteiger partial charge in [0, 0.05) is 0 Å². The van der Waals surface area contributed by atoms with Crippen LogP contribution in [0.4, 0.5) is 13.2 Å². The molecule has 0 aromatic carbocycles. The minimum Gasteiger partial charge on any atom is -0.271 e. The molecule has 0 bridgehead atoms. The van der Waals surface area contributed by atoms with Crippen LogP contribution in [-0.2, 0) is 24.0 Å². The van der Waals surface area contributed by atoms with Gasteiger partial charge in [0.15, 0.2) is 0 Å². The molecule has 0 unspecified atom stereocenters. The zero-order chi connectivity index (χ0) is 15.4. The third-order valence-electron chi connectivity index (χ3n) is 3.46. The predicted octanol–water partition coefficient (Wildman–Crippen LogP) is 1.19. The van der Waals surface area contributed by atoms with Crippen LogP contribution < -0.4 is 0 Å². The van der Waals surface area contributed by atoms with Gasteiger partial charge in [0.1, 0.15) is 0 Å². The number of rotatable bonds is 2. The summed E-state index contributed by atoms with van der Waals surface area (Å²) in [6.45, 7) is 5.27. The molecule has 110 valence electrons. The summed E-state index contributed by atoms with van der Waals surface area (Å²) >= 11 is 0. The maximum absolute atomic E-state index is 12.2. The molecule has 0 atom stereocenters. The van der Waals surface area contributed by atoms with E-state index in [4.69, 9.17) is 0 Å². The average Bonchev–Trinajstić information content (AvgIpc) is 2.30. The first kappa shape index (κ1) is 15.9. The smallest absolute Gasteiger partial charge is 0.271 e. The fourth-order valence-electron chi connectivity index (χ4n) is 1.34. The Morgan fingerprint density at radius 2 is 1.32 bits per heavy atom. The highest BCUT2D eigenvalue weighted by atomic mass is 32.2. The number of hydrogen-bond acceptors (Lipinski definition) is 5. The molecule has 0 spiro atoms. The molecular formula is C9H12F3NO5S. The van der Waals surface area contributed by atoms with Gasteiger partial charge < -0.3 is 0 Å². The average molecular weight is 303 g/mol. The molecule has 1 saturated heterocycles. The van der Waals surface area contributed by atoms with E-state index in [1.807, 2.05) is 0 Å². The molecule has 0 radical (unpaired) electrons. The highest BCUT2D eigenvalue weighted by molar-refractivity contribution is 7.87. The molecule has 2 amide bonds. The Labute approximate surface area is 107 Å². The minimum atomic E-state index is -6.06. The molecule has 0 saturated carbocycles. The van der Waals surface area contributed by atoms with Crippen LogP contribution in [0.2, 0.25) is 0 Å². The van der Waals surface area contributed by atoms with E-state index in [0.717, 1.165) is 0 Å².